The zero-order chi connectivity index (χ0) is 47.0. The molecule has 0 unspecified atom stereocenters. The molecule has 6 nitrogen and oxygen atoms in total. The summed E-state index contributed by atoms with van der Waals surface area (Å²) in [7, 11) is 0.567. The summed E-state index contributed by atoms with van der Waals surface area (Å²) in [5.41, 5.74) is 10.3. The van der Waals surface area contributed by atoms with Crippen molar-refractivity contribution in [2.45, 2.75) is 95.9 Å². The first-order valence-electron chi connectivity index (χ1n) is 21.8. The Kier molecular flexibility index (Phi) is 14.3. The summed E-state index contributed by atoms with van der Waals surface area (Å²) in [4.78, 5) is 26.2. The fourth-order valence-electron chi connectivity index (χ4n) is 9.09. The van der Waals surface area contributed by atoms with E-state index in [0.29, 0.717) is 11.5 Å². The molecule has 0 bridgehead atoms. The molecule has 0 amide bonds. The smallest absolute Gasteiger partial charge is 0.309 e. The van der Waals surface area contributed by atoms with Crippen molar-refractivity contribution in [3.8, 4) is 22.6 Å². The second-order valence-corrected chi connectivity index (χ2v) is 23.4. The molecule has 334 valence electrons. The van der Waals surface area contributed by atoms with Gasteiger partial charge < -0.3 is 19.7 Å². The van der Waals surface area contributed by atoms with E-state index in [1.807, 2.05) is 12.1 Å². The average Bonchev–Trinajstić information content (AvgIpc) is 3.17. The molecule has 6 aromatic carbocycles. The van der Waals surface area contributed by atoms with Crippen LogP contribution < -0.4 is 41.3 Å². The molecule has 0 aliphatic carbocycles. The van der Waals surface area contributed by atoms with Crippen molar-refractivity contribution in [2.24, 2.45) is 10.8 Å². The van der Waals surface area contributed by atoms with Crippen LogP contribution in [0.5, 0.6) is 11.5 Å². The molecule has 0 aliphatic rings. The average molecular weight is 895 g/mol. The number of methoxy groups -OCH3 is 2. The highest BCUT2D eigenvalue weighted by atomic mass is 31.1. The van der Waals surface area contributed by atoms with Crippen molar-refractivity contribution in [1.82, 2.24) is 0 Å². The maximum absolute atomic E-state index is 13.1. The van der Waals surface area contributed by atoms with Gasteiger partial charge >= 0.3 is 11.9 Å². The standard InChI is InChI=1S/C56H64O6P2/c1-33-19-34(2)24-43(23-33)63(44-25-35(3)20-36(4)26-44)51-41(31-55(9,10)53(57)58)15-17-47(61-13)49(51)50-48(62-14)18-16-42(32-56(11,12)54(59)60)52(50)64(45-27-37(5)21-38(6)28-45)46-29-39(7)22-40(8)30-46/h15-30H,31-32H2,1-14H3,(H,57,58)(H,59,60). The summed E-state index contributed by atoms with van der Waals surface area (Å²) in [6.45, 7) is 24.2. The SMILES string of the molecule is COc1ccc(CC(C)(C)C(=O)O)c(P(c2cc(C)cc(C)c2)c2cc(C)cc(C)c2)c1-c1c(OC)ccc(CC(C)(C)C(=O)O)c1P(c1cc(C)cc(C)c1)c1cc(C)cc(C)c1. The number of carbonyl (C=O) groups is 2. The Morgan fingerprint density at radius 2 is 0.672 bits per heavy atom. The molecule has 0 atom stereocenters. The summed E-state index contributed by atoms with van der Waals surface area (Å²) in [5, 5.41) is 28.0. The molecule has 0 spiro atoms. The van der Waals surface area contributed by atoms with Crippen molar-refractivity contribution in [3.63, 3.8) is 0 Å². The van der Waals surface area contributed by atoms with Crippen LogP contribution in [0.1, 0.15) is 83.3 Å². The number of hydrogen-bond acceptors (Lipinski definition) is 4. The fourth-order valence-corrected chi connectivity index (χ4v) is 15.2. The minimum Gasteiger partial charge on any atom is -0.496 e. The Morgan fingerprint density at radius 1 is 0.438 bits per heavy atom. The zero-order valence-electron chi connectivity index (χ0n) is 40.1. The van der Waals surface area contributed by atoms with E-state index in [1.54, 1.807) is 41.9 Å². The summed E-state index contributed by atoms with van der Waals surface area (Å²) in [6.07, 6.45) is 0.491. The van der Waals surface area contributed by atoms with Gasteiger partial charge in [-0.25, -0.2) is 0 Å². The summed E-state index contributed by atoms with van der Waals surface area (Å²) < 4.78 is 13.1. The van der Waals surface area contributed by atoms with E-state index in [0.717, 1.165) is 98.6 Å². The normalized spacial score (nSPS) is 11.9. The number of aryl methyl sites for hydroxylation is 8. The third-order valence-corrected chi connectivity index (χ3v) is 16.9. The molecule has 0 radical (unpaired) electrons. The van der Waals surface area contributed by atoms with E-state index in [9.17, 15) is 19.8 Å². The van der Waals surface area contributed by atoms with Crippen molar-refractivity contribution < 1.29 is 29.3 Å². The van der Waals surface area contributed by atoms with Crippen LogP contribution in [0.15, 0.2) is 97.1 Å². The van der Waals surface area contributed by atoms with E-state index in [1.165, 1.54) is 0 Å². The highest BCUT2D eigenvalue weighted by molar-refractivity contribution is 7.81. The Bertz CT molecular complexity index is 2390. The van der Waals surface area contributed by atoms with Gasteiger partial charge in [0.1, 0.15) is 11.5 Å². The second kappa shape index (κ2) is 19.1. The molecule has 0 aliphatic heterocycles. The molecule has 0 heterocycles. The largest absolute Gasteiger partial charge is 0.496 e. The molecule has 8 heteroatoms. The first-order chi connectivity index (χ1) is 30.0. The van der Waals surface area contributed by atoms with E-state index >= 15 is 0 Å². The zero-order valence-corrected chi connectivity index (χ0v) is 41.9. The monoisotopic (exact) mass is 894 g/mol. The van der Waals surface area contributed by atoms with Crippen LogP contribution in [-0.4, -0.2) is 36.4 Å². The van der Waals surface area contributed by atoms with Gasteiger partial charge in [-0.2, -0.15) is 0 Å². The second-order valence-electron chi connectivity index (χ2n) is 19.1. The van der Waals surface area contributed by atoms with E-state index in [4.69, 9.17) is 9.47 Å². The van der Waals surface area contributed by atoms with Crippen LogP contribution in [0.4, 0.5) is 0 Å². The molecule has 0 saturated heterocycles. The lowest BCUT2D eigenvalue weighted by Gasteiger charge is -2.33. The fraction of sp³-hybridized carbons (Fsp3) is 0.321. The minimum absolute atomic E-state index is 0.245. The number of aliphatic carboxylic acids is 2. The van der Waals surface area contributed by atoms with E-state index in [-0.39, 0.29) is 12.8 Å². The topological polar surface area (TPSA) is 93.1 Å². The van der Waals surface area contributed by atoms with Gasteiger partial charge in [0, 0.05) is 11.1 Å². The lowest BCUT2D eigenvalue weighted by molar-refractivity contribution is -0.147. The van der Waals surface area contributed by atoms with Crippen LogP contribution in [-0.2, 0) is 22.4 Å². The number of carboxylic acid groups (broad SMARTS) is 2. The van der Waals surface area contributed by atoms with Gasteiger partial charge in [-0.1, -0.05) is 129 Å². The van der Waals surface area contributed by atoms with Crippen LogP contribution in [0.3, 0.4) is 0 Å². The van der Waals surface area contributed by atoms with Crippen molar-refractivity contribution in [3.05, 3.63) is 153 Å². The summed E-state index contributed by atoms with van der Waals surface area (Å²) in [5.74, 6) is -0.527. The molecular weight excluding hydrogens is 831 g/mol. The first-order valence-corrected chi connectivity index (χ1v) is 24.5. The number of carboxylic acids is 2. The molecule has 0 saturated carbocycles. The first kappa shape index (κ1) is 48.2. The third-order valence-electron chi connectivity index (χ3n) is 11.9. The van der Waals surface area contributed by atoms with Gasteiger partial charge in [0.15, 0.2) is 0 Å². The van der Waals surface area contributed by atoms with Crippen molar-refractivity contribution >= 4 is 59.6 Å². The summed E-state index contributed by atoms with van der Waals surface area (Å²) in [6, 6.07) is 35.0. The third kappa shape index (κ3) is 10.3. The maximum atomic E-state index is 13.1. The Hall–Kier alpha value is -5.28. The van der Waals surface area contributed by atoms with Gasteiger partial charge in [-0.15, -0.1) is 0 Å². The number of benzene rings is 6. The molecule has 6 aromatic rings. The van der Waals surface area contributed by atoms with E-state index < -0.39 is 38.6 Å². The van der Waals surface area contributed by atoms with Crippen molar-refractivity contribution in [2.75, 3.05) is 14.2 Å². The Morgan fingerprint density at radius 3 is 0.875 bits per heavy atom. The van der Waals surface area contributed by atoms with Gasteiger partial charge in [0.2, 0.25) is 0 Å². The highest BCUT2D eigenvalue weighted by Gasteiger charge is 2.38. The van der Waals surface area contributed by atoms with Crippen LogP contribution in [0.2, 0.25) is 0 Å². The van der Waals surface area contributed by atoms with Crippen LogP contribution in [0.25, 0.3) is 11.1 Å². The maximum Gasteiger partial charge on any atom is 0.309 e. The van der Waals surface area contributed by atoms with Gasteiger partial charge in [-0.05, 0) is 167 Å². The van der Waals surface area contributed by atoms with Gasteiger partial charge in [0.05, 0.1) is 25.0 Å². The molecular formula is C56H64O6P2. The lowest BCUT2D eigenvalue weighted by atomic mass is 9.83. The Labute approximate surface area is 383 Å². The minimum atomic E-state index is -1.41. The number of rotatable bonds is 15. The quantitative estimate of drug-likeness (QED) is 0.0998. The predicted molar refractivity (Wildman–Crippen MR) is 271 cm³/mol. The molecule has 6 rings (SSSR count). The predicted octanol–water partition coefficient (Wildman–Crippen LogP) is 10.7. The number of ether oxygens (including phenoxy) is 2. The molecule has 0 fully saturated rings. The highest BCUT2D eigenvalue weighted by Crippen LogP contribution is 2.50. The summed E-state index contributed by atoms with van der Waals surface area (Å²) >= 11 is 0. The lowest BCUT2D eigenvalue weighted by Crippen LogP contribution is -2.34. The molecule has 64 heavy (non-hydrogen) atoms. The van der Waals surface area contributed by atoms with Crippen LogP contribution >= 0.6 is 15.8 Å². The molecule has 2 N–H and O–H groups in total. The van der Waals surface area contributed by atoms with Gasteiger partial charge in [-0.3, -0.25) is 9.59 Å². The van der Waals surface area contributed by atoms with Gasteiger partial charge in [0.25, 0.3) is 0 Å². The van der Waals surface area contributed by atoms with Crippen molar-refractivity contribution in [1.29, 1.82) is 0 Å². The number of hydrogen-bond donors (Lipinski definition) is 2. The molecule has 0 aromatic heterocycles. The Balaban J connectivity index is 1.95. The van der Waals surface area contributed by atoms with Crippen LogP contribution in [0, 0.1) is 66.2 Å². The van der Waals surface area contributed by atoms with E-state index in [2.05, 4.69) is 140 Å².